The Morgan fingerprint density at radius 1 is 1.26 bits per heavy atom. The Kier molecular flexibility index (Phi) is 5.75. The normalized spacial score (nSPS) is 14.2. The monoisotopic (exact) mass is 460 g/mol. The average Bonchev–Trinajstić information content (AvgIpc) is 3.51. The van der Waals surface area contributed by atoms with Crippen molar-refractivity contribution in [3.63, 3.8) is 0 Å². The SMILES string of the molecule is Cc1ncc([C@@H](CO)N(C)C(=O)c2ccc(-c3cccc(F)c3)c(OC3CC3)c2)c2[nH]ncc12. The van der Waals surface area contributed by atoms with Crippen LogP contribution in [0.5, 0.6) is 5.75 Å². The molecule has 34 heavy (non-hydrogen) atoms. The summed E-state index contributed by atoms with van der Waals surface area (Å²) in [6, 6.07) is 10.9. The predicted octanol–water partition coefficient (Wildman–Crippen LogP) is 4.42. The van der Waals surface area contributed by atoms with E-state index in [9.17, 15) is 14.3 Å². The van der Waals surface area contributed by atoms with Gasteiger partial charge in [0.15, 0.2) is 0 Å². The minimum atomic E-state index is -0.626. The number of nitrogens with zero attached hydrogens (tertiary/aromatic N) is 3. The first-order chi connectivity index (χ1) is 16.5. The number of aliphatic hydroxyl groups is 1. The van der Waals surface area contributed by atoms with Crippen LogP contribution in [0, 0.1) is 12.7 Å². The zero-order chi connectivity index (χ0) is 23.8. The van der Waals surface area contributed by atoms with Crippen LogP contribution in [-0.4, -0.2) is 50.9 Å². The molecular formula is C26H25FN4O3. The number of amides is 1. The van der Waals surface area contributed by atoms with Gasteiger partial charge >= 0.3 is 0 Å². The number of ether oxygens (including phenoxy) is 1. The van der Waals surface area contributed by atoms with Crippen molar-refractivity contribution in [2.45, 2.75) is 31.9 Å². The summed E-state index contributed by atoms with van der Waals surface area (Å²) >= 11 is 0. The molecule has 2 aromatic carbocycles. The number of pyridine rings is 1. The summed E-state index contributed by atoms with van der Waals surface area (Å²) in [6.07, 6.45) is 5.36. The molecule has 0 saturated heterocycles. The third kappa shape index (κ3) is 4.12. The lowest BCUT2D eigenvalue weighted by molar-refractivity contribution is 0.0659. The summed E-state index contributed by atoms with van der Waals surface area (Å²) in [4.78, 5) is 19.4. The Labute approximate surface area is 196 Å². The molecule has 1 aliphatic carbocycles. The molecule has 8 heteroatoms. The third-order valence-corrected chi connectivity index (χ3v) is 6.22. The number of hydrogen-bond acceptors (Lipinski definition) is 5. The molecule has 1 fully saturated rings. The minimum absolute atomic E-state index is 0.105. The first kappa shape index (κ1) is 22.0. The molecule has 2 aromatic heterocycles. The summed E-state index contributed by atoms with van der Waals surface area (Å²) in [5, 5.41) is 18.1. The number of aromatic nitrogens is 3. The number of aromatic amines is 1. The Morgan fingerprint density at radius 2 is 2.09 bits per heavy atom. The standard InChI is InChI=1S/C26H25FN4O3/c1-15-21-13-29-30-25(21)22(12-28-15)23(14-32)31(2)26(33)17-6-9-20(16-4-3-5-18(27)10-16)24(11-17)34-19-7-8-19/h3-6,9-13,19,23,32H,7-8,14H2,1-2H3,(H,29,30)/t23-/m1/s1. The van der Waals surface area contributed by atoms with E-state index in [1.165, 1.54) is 17.0 Å². The van der Waals surface area contributed by atoms with Crippen molar-refractivity contribution in [3.8, 4) is 16.9 Å². The van der Waals surface area contributed by atoms with Crippen LogP contribution in [-0.2, 0) is 0 Å². The van der Waals surface area contributed by atoms with Gasteiger partial charge in [-0.1, -0.05) is 12.1 Å². The molecule has 0 bridgehead atoms. The van der Waals surface area contributed by atoms with E-state index in [0.717, 1.165) is 35.0 Å². The molecule has 0 unspecified atom stereocenters. The van der Waals surface area contributed by atoms with Gasteiger partial charge in [0.1, 0.15) is 11.6 Å². The molecule has 1 saturated carbocycles. The number of aliphatic hydroxyl groups excluding tert-OH is 1. The predicted molar refractivity (Wildman–Crippen MR) is 126 cm³/mol. The quantitative estimate of drug-likeness (QED) is 0.426. The van der Waals surface area contributed by atoms with Crippen LogP contribution in [0.2, 0.25) is 0 Å². The Hall–Kier alpha value is -3.78. The second-order valence-corrected chi connectivity index (χ2v) is 8.61. The highest BCUT2D eigenvalue weighted by Crippen LogP contribution is 2.37. The van der Waals surface area contributed by atoms with Gasteiger partial charge in [0.25, 0.3) is 5.91 Å². The first-order valence-corrected chi connectivity index (χ1v) is 11.2. The number of halogens is 1. The van der Waals surface area contributed by atoms with Gasteiger partial charge in [-0.25, -0.2) is 4.39 Å². The van der Waals surface area contributed by atoms with Crippen LogP contribution >= 0.6 is 0 Å². The fourth-order valence-corrected chi connectivity index (χ4v) is 4.12. The smallest absolute Gasteiger partial charge is 0.254 e. The second kappa shape index (κ2) is 8.87. The van der Waals surface area contributed by atoms with Crippen molar-refractivity contribution in [3.05, 3.63) is 77.5 Å². The number of H-pyrrole nitrogens is 1. The fraction of sp³-hybridized carbons (Fsp3) is 0.269. The molecular weight excluding hydrogens is 435 g/mol. The topological polar surface area (TPSA) is 91.3 Å². The van der Waals surface area contributed by atoms with Crippen LogP contribution in [0.3, 0.4) is 0 Å². The van der Waals surface area contributed by atoms with Gasteiger partial charge in [-0.2, -0.15) is 5.10 Å². The van der Waals surface area contributed by atoms with Gasteiger partial charge < -0.3 is 14.7 Å². The number of likely N-dealkylation sites (N-methyl/N-ethyl adjacent to an activating group) is 1. The number of carbonyl (C=O) groups excluding carboxylic acids is 1. The van der Waals surface area contributed by atoms with Crippen molar-refractivity contribution in [2.75, 3.05) is 13.7 Å². The van der Waals surface area contributed by atoms with Crippen molar-refractivity contribution in [1.82, 2.24) is 20.1 Å². The average molecular weight is 461 g/mol. The van der Waals surface area contributed by atoms with E-state index in [2.05, 4.69) is 15.2 Å². The summed E-state index contributed by atoms with van der Waals surface area (Å²) < 4.78 is 19.9. The van der Waals surface area contributed by atoms with E-state index in [1.807, 2.05) is 13.0 Å². The zero-order valence-corrected chi connectivity index (χ0v) is 19.0. The van der Waals surface area contributed by atoms with Gasteiger partial charge in [0.05, 0.1) is 30.5 Å². The van der Waals surface area contributed by atoms with Crippen molar-refractivity contribution in [1.29, 1.82) is 0 Å². The molecule has 0 spiro atoms. The number of rotatable bonds is 7. The molecule has 2 heterocycles. The van der Waals surface area contributed by atoms with Gasteiger partial charge in [0.2, 0.25) is 0 Å². The number of carbonyl (C=O) groups is 1. The lowest BCUT2D eigenvalue weighted by Crippen LogP contribution is -2.33. The fourth-order valence-electron chi connectivity index (χ4n) is 4.12. The Morgan fingerprint density at radius 3 is 2.82 bits per heavy atom. The third-order valence-electron chi connectivity index (χ3n) is 6.22. The van der Waals surface area contributed by atoms with E-state index in [4.69, 9.17) is 4.74 Å². The lowest BCUT2D eigenvalue weighted by atomic mass is 10.0. The summed E-state index contributed by atoms with van der Waals surface area (Å²) in [6.45, 7) is 1.60. The van der Waals surface area contributed by atoms with E-state index >= 15 is 0 Å². The van der Waals surface area contributed by atoms with E-state index < -0.39 is 6.04 Å². The van der Waals surface area contributed by atoms with Gasteiger partial charge in [0, 0.05) is 41.0 Å². The molecule has 174 valence electrons. The van der Waals surface area contributed by atoms with Crippen molar-refractivity contribution >= 4 is 16.8 Å². The maximum absolute atomic E-state index is 13.8. The van der Waals surface area contributed by atoms with Gasteiger partial charge in [-0.05, 0) is 55.7 Å². The van der Waals surface area contributed by atoms with E-state index in [0.29, 0.717) is 22.4 Å². The largest absolute Gasteiger partial charge is 0.490 e. The number of fused-ring (bicyclic) bond motifs is 1. The maximum Gasteiger partial charge on any atom is 0.254 e. The molecule has 0 aliphatic heterocycles. The molecule has 1 amide bonds. The molecule has 4 aromatic rings. The summed E-state index contributed by atoms with van der Waals surface area (Å²) in [7, 11) is 1.65. The molecule has 0 radical (unpaired) electrons. The minimum Gasteiger partial charge on any atom is -0.490 e. The van der Waals surface area contributed by atoms with Gasteiger partial charge in [-0.3, -0.25) is 14.9 Å². The lowest BCUT2D eigenvalue weighted by Gasteiger charge is -2.27. The van der Waals surface area contributed by atoms with Gasteiger partial charge in [-0.15, -0.1) is 0 Å². The van der Waals surface area contributed by atoms with Crippen LogP contribution in [0.4, 0.5) is 4.39 Å². The van der Waals surface area contributed by atoms with Crippen LogP contribution < -0.4 is 4.74 Å². The highest BCUT2D eigenvalue weighted by molar-refractivity contribution is 5.96. The highest BCUT2D eigenvalue weighted by atomic mass is 19.1. The molecule has 1 atom stereocenters. The summed E-state index contributed by atoms with van der Waals surface area (Å²) in [5.74, 6) is -0.0723. The van der Waals surface area contributed by atoms with E-state index in [1.54, 1.807) is 43.7 Å². The highest BCUT2D eigenvalue weighted by Gasteiger charge is 2.28. The molecule has 7 nitrogen and oxygen atoms in total. The number of nitrogens with one attached hydrogen (secondary N) is 1. The second-order valence-electron chi connectivity index (χ2n) is 8.61. The van der Waals surface area contributed by atoms with Crippen LogP contribution in [0.15, 0.2) is 54.9 Å². The maximum atomic E-state index is 13.8. The van der Waals surface area contributed by atoms with Crippen LogP contribution in [0.1, 0.15) is 40.5 Å². The van der Waals surface area contributed by atoms with Crippen LogP contribution in [0.25, 0.3) is 22.0 Å². The first-order valence-electron chi connectivity index (χ1n) is 11.2. The van der Waals surface area contributed by atoms with Crippen molar-refractivity contribution < 1.29 is 19.0 Å². The molecule has 2 N–H and O–H groups in total. The van der Waals surface area contributed by atoms with Crippen molar-refractivity contribution in [2.24, 2.45) is 0 Å². The molecule has 5 rings (SSSR count). The number of benzene rings is 2. The number of hydrogen-bond donors (Lipinski definition) is 2. The zero-order valence-electron chi connectivity index (χ0n) is 19.0. The number of aryl methyl sites for hydroxylation is 1. The Bertz CT molecular complexity index is 1370. The Balaban J connectivity index is 1.49. The molecule has 1 aliphatic rings. The van der Waals surface area contributed by atoms with E-state index in [-0.39, 0.29) is 24.4 Å². The summed E-state index contributed by atoms with van der Waals surface area (Å²) in [5.41, 5.74) is 4.06.